The second-order valence-corrected chi connectivity index (χ2v) is 15.0. The third-order valence-electron chi connectivity index (χ3n) is 11.9. The summed E-state index contributed by atoms with van der Waals surface area (Å²) >= 11 is 0. The van der Waals surface area contributed by atoms with E-state index in [0.717, 1.165) is 82.7 Å². The number of fused-ring (bicyclic) bond motifs is 5. The summed E-state index contributed by atoms with van der Waals surface area (Å²) in [6.07, 6.45) is 0. The summed E-state index contributed by atoms with van der Waals surface area (Å²) in [7, 11) is 0. The molecular weight excluding hydrogens is 717 g/mol. The molecule has 0 fully saturated rings. The first kappa shape index (κ1) is 34.3. The number of benzene rings is 9. The van der Waals surface area contributed by atoms with Crippen LogP contribution in [-0.2, 0) is 5.41 Å². The van der Waals surface area contributed by atoms with E-state index in [9.17, 15) is 5.26 Å². The number of aromatic nitrogens is 3. The average Bonchev–Trinajstić information content (AvgIpc) is 3.63. The highest BCUT2D eigenvalue weighted by molar-refractivity contribution is 5.99. The highest BCUT2D eigenvalue weighted by Crippen LogP contribution is 2.59. The Balaban J connectivity index is 1.10. The average molecular weight is 751 g/mol. The van der Waals surface area contributed by atoms with E-state index in [4.69, 9.17) is 15.0 Å². The van der Waals surface area contributed by atoms with Gasteiger partial charge in [-0.2, -0.15) is 5.26 Å². The fourth-order valence-corrected chi connectivity index (χ4v) is 9.30. The van der Waals surface area contributed by atoms with Crippen molar-refractivity contribution in [3.8, 4) is 62.5 Å². The van der Waals surface area contributed by atoms with Crippen LogP contribution in [0.4, 0.5) is 0 Å². The Morgan fingerprint density at radius 1 is 0.356 bits per heavy atom. The van der Waals surface area contributed by atoms with Gasteiger partial charge in [-0.1, -0.05) is 200 Å². The zero-order chi connectivity index (χ0) is 39.3. The lowest BCUT2D eigenvalue weighted by Gasteiger charge is -2.34. The Labute approximate surface area is 342 Å². The summed E-state index contributed by atoms with van der Waals surface area (Å²) in [5.74, 6) is 1.84. The minimum Gasteiger partial charge on any atom is -0.208 e. The van der Waals surface area contributed by atoms with E-state index in [-0.39, 0.29) is 0 Å². The monoisotopic (exact) mass is 750 g/mol. The standard InChI is InChI=1S/C55H34N4/c56-35-40-19-13-29-48-50(40)51-45(26-14-30-49(51)55(48,41-20-3-1-4-21-41)42-22-5-2-6-23-42)38-31-33-39(34-32-38)52-57-53(46-27-11-17-36-15-7-9-24-43(36)46)59-54(58-52)47-28-12-18-37-16-8-10-25-44(37)47/h1-34H. The molecule has 11 rings (SSSR count). The highest BCUT2D eigenvalue weighted by atomic mass is 15.0. The number of hydrogen-bond donors (Lipinski definition) is 0. The molecule has 0 radical (unpaired) electrons. The van der Waals surface area contributed by atoms with Crippen LogP contribution in [0.1, 0.15) is 27.8 Å². The molecule has 9 aromatic carbocycles. The van der Waals surface area contributed by atoms with E-state index in [0.29, 0.717) is 23.0 Å². The van der Waals surface area contributed by atoms with Crippen LogP contribution in [-0.4, -0.2) is 15.0 Å². The minimum atomic E-state index is -0.614. The zero-order valence-corrected chi connectivity index (χ0v) is 31.9. The van der Waals surface area contributed by atoms with Crippen LogP contribution in [0.15, 0.2) is 206 Å². The molecule has 0 N–H and O–H groups in total. The molecule has 10 aromatic rings. The summed E-state index contributed by atoms with van der Waals surface area (Å²) in [5, 5.41) is 15.0. The fraction of sp³-hybridized carbons (Fsp3) is 0.0182. The van der Waals surface area contributed by atoms with Crippen molar-refractivity contribution in [2.75, 3.05) is 0 Å². The lowest BCUT2D eigenvalue weighted by atomic mass is 9.67. The SMILES string of the molecule is N#Cc1cccc2c1-c1c(-c3ccc(-c4nc(-c5cccc6ccccc56)nc(-c5cccc6ccccc56)n4)cc3)cccc1C2(c1ccccc1)c1ccccc1. The number of rotatable bonds is 6. The molecule has 274 valence electrons. The van der Waals surface area contributed by atoms with Gasteiger partial charge >= 0.3 is 0 Å². The van der Waals surface area contributed by atoms with Crippen LogP contribution in [0.5, 0.6) is 0 Å². The summed E-state index contributed by atoms with van der Waals surface area (Å²) in [6.45, 7) is 0. The van der Waals surface area contributed by atoms with Gasteiger partial charge in [-0.3, -0.25) is 0 Å². The van der Waals surface area contributed by atoms with Gasteiger partial charge in [0.2, 0.25) is 0 Å². The van der Waals surface area contributed by atoms with Crippen LogP contribution in [0.3, 0.4) is 0 Å². The van der Waals surface area contributed by atoms with Crippen LogP contribution >= 0.6 is 0 Å². The van der Waals surface area contributed by atoms with E-state index >= 15 is 0 Å². The van der Waals surface area contributed by atoms with Crippen molar-refractivity contribution >= 4 is 21.5 Å². The Morgan fingerprint density at radius 2 is 0.797 bits per heavy atom. The van der Waals surface area contributed by atoms with Crippen molar-refractivity contribution in [3.05, 3.63) is 234 Å². The predicted octanol–water partition coefficient (Wildman–Crippen LogP) is 13.1. The predicted molar refractivity (Wildman–Crippen MR) is 239 cm³/mol. The lowest BCUT2D eigenvalue weighted by Crippen LogP contribution is -2.28. The molecule has 0 saturated carbocycles. The van der Waals surface area contributed by atoms with Gasteiger partial charge in [-0.15, -0.1) is 0 Å². The third kappa shape index (κ3) is 5.40. The normalized spacial score (nSPS) is 12.5. The first-order valence-electron chi connectivity index (χ1n) is 19.8. The largest absolute Gasteiger partial charge is 0.208 e. The van der Waals surface area contributed by atoms with E-state index in [1.807, 2.05) is 12.1 Å². The van der Waals surface area contributed by atoms with E-state index in [1.165, 1.54) is 0 Å². The van der Waals surface area contributed by atoms with Crippen molar-refractivity contribution in [1.29, 1.82) is 5.26 Å². The Kier molecular flexibility index (Phi) is 8.06. The van der Waals surface area contributed by atoms with Crippen LogP contribution in [0.2, 0.25) is 0 Å². The second kappa shape index (κ2) is 13.9. The first-order valence-corrected chi connectivity index (χ1v) is 19.8. The molecular formula is C55H34N4. The van der Waals surface area contributed by atoms with Gasteiger partial charge in [-0.05, 0) is 66.6 Å². The van der Waals surface area contributed by atoms with Gasteiger partial charge in [0.25, 0.3) is 0 Å². The second-order valence-electron chi connectivity index (χ2n) is 15.0. The summed E-state index contributed by atoms with van der Waals surface area (Å²) in [4.78, 5) is 15.5. The fourth-order valence-electron chi connectivity index (χ4n) is 9.30. The number of hydrogen-bond acceptors (Lipinski definition) is 4. The maximum atomic E-state index is 10.6. The van der Waals surface area contributed by atoms with Crippen molar-refractivity contribution in [2.24, 2.45) is 0 Å². The summed E-state index contributed by atoms with van der Waals surface area (Å²) in [6, 6.07) is 74.4. The smallest absolute Gasteiger partial charge is 0.164 e. The molecule has 1 aliphatic rings. The summed E-state index contributed by atoms with van der Waals surface area (Å²) < 4.78 is 0. The molecule has 4 heteroatoms. The Morgan fingerprint density at radius 3 is 1.37 bits per heavy atom. The van der Waals surface area contributed by atoms with E-state index < -0.39 is 5.41 Å². The third-order valence-corrected chi connectivity index (χ3v) is 11.9. The van der Waals surface area contributed by atoms with Crippen molar-refractivity contribution in [2.45, 2.75) is 5.41 Å². The summed E-state index contributed by atoms with van der Waals surface area (Å²) in [5.41, 5.74) is 11.6. The van der Waals surface area contributed by atoms with Gasteiger partial charge < -0.3 is 0 Å². The molecule has 0 amide bonds. The molecule has 0 spiro atoms. The highest BCUT2D eigenvalue weighted by Gasteiger charge is 2.47. The molecule has 0 bridgehead atoms. The van der Waals surface area contributed by atoms with Gasteiger partial charge in [0.05, 0.1) is 17.0 Å². The van der Waals surface area contributed by atoms with Crippen LogP contribution < -0.4 is 0 Å². The first-order chi connectivity index (χ1) is 29.2. The van der Waals surface area contributed by atoms with Crippen molar-refractivity contribution < 1.29 is 0 Å². The van der Waals surface area contributed by atoms with Gasteiger partial charge in [0.15, 0.2) is 17.5 Å². The quantitative estimate of drug-likeness (QED) is 0.170. The number of nitriles is 1. The molecule has 59 heavy (non-hydrogen) atoms. The number of nitrogens with zero attached hydrogens (tertiary/aromatic N) is 4. The lowest BCUT2D eigenvalue weighted by molar-refractivity contribution is 0.768. The molecule has 0 atom stereocenters. The molecule has 1 aromatic heterocycles. The van der Waals surface area contributed by atoms with Crippen molar-refractivity contribution in [1.82, 2.24) is 15.0 Å². The maximum Gasteiger partial charge on any atom is 0.164 e. The molecule has 1 aliphatic carbocycles. The van der Waals surface area contributed by atoms with Gasteiger partial charge in [-0.25, -0.2) is 15.0 Å². The van der Waals surface area contributed by atoms with Crippen LogP contribution in [0, 0.1) is 11.3 Å². The minimum absolute atomic E-state index is 0.597. The zero-order valence-electron chi connectivity index (χ0n) is 31.9. The van der Waals surface area contributed by atoms with E-state index in [2.05, 4.69) is 200 Å². The van der Waals surface area contributed by atoms with Crippen LogP contribution in [0.25, 0.3) is 78.0 Å². The topological polar surface area (TPSA) is 62.5 Å². The Hall–Kier alpha value is -8.00. The maximum absolute atomic E-state index is 10.6. The van der Waals surface area contributed by atoms with E-state index in [1.54, 1.807) is 0 Å². The Bertz CT molecular complexity index is 3130. The molecule has 1 heterocycles. The van der Waals surface area contributed by atoms with Gasteiger partial charge in [0.1, 0.15) is 0 Å². The van der Waals surface area contributed by atoms with Crippen molar-refractivity contribution in [3.63, 3.8) is 0 Å². The van der Waals surface area contributed by atoms with Gasteiger partial charge in [0, 0.05) is 22.3 Å². The molecule has 0 aliphatic heterocycles. The molecule has 0 unspecified atom stereocenters. The molecule has 0 saturated heterocycles. The molecule has 4 nitrogen and oxygen atoms in total.